The summed E-state index contributed by atoms with van der Waals surface area (Å²) in [5, 5.41) is 4.07. The van der Waals surface area contributed by atoms with Crippen LogP contribution in [0.15, 0.2) is 18.2 Å². The van der Waals surface area contributed by atoms with Gasteiger partial charge in [-0.25, -0.2) is 0 Å². The van der Waals surface area contributed by atoms with Crippen LogP contribution < -0.4 is 10.1 Å². The Kier molecular flexibility index (Phi) is 10.3. The van der Waals surface area contributed by atoms with E-state index < -0.39 is 0 Å². The number of hydrogen-bond donors (Lipinski definition) is 1. The predicted molar refractivity (Wildman–Crippen MR) is 89.3 cm³/mol. The lowest BCUT2D eigenvalue weighted by molar-refractivity contribution is 0.199. The van der Waals surface area contributed by atoms with Gasteiger partial charge in [-0.05, 0) is 18.6 Å². The molecule has 0 aliphatic heterocycles. The number of ether oxygens (including phenoxy) is 2. The second kappa shape index (κ2) is 11.8. The van der Waals surface area contributed by atoms with Crippen molar-refractivity contribution in [1.29, 1.82) is 0 Å². The van der Waals surface area contributed by atoms with Gasteiger partial charge in [0, 0.05) is 30.8 Å². The van der Waals surface area contributed by atoms with Crippen LogP contribution in [-0.4, -0.2) is 26.9 Å². The predicted octanol–water partition coefficient (Wildman–Crippen LogP) is 4.43. The van der Waals surface area contributed by atoms with Gasteiger partial charge in [-0.2, -0.15) is 0 Å². The minimum atomic E-state index is 0.693. The Morgan fingerprint density at radius 1 is 1.10 bits per heavy atom. The minimum absolute atomic E-state index is 0.693. The van der Waals surface area contributed by atoms with Gasteiger partial charge in [0.05, 0.1) is 13.2 Å². The molecule has 120 valence electrons. The summed E-state index contributed by atoms with van der Waals surface area (Å²) in [6, 6.07) is 5.83. The van der Waals surface area contributed by atoms with Gasteiger partial charge in [0.25, 0.3) is 0 Å². The van der Waals surface area contributed by atoms with Gasteiger partial charge in [0.15, 0.2) is 0 Å². The Balaban J connectivity index is 2.39. The molecule has 0 spiro atoms. The fourth-order valence-electron chi connectivity index (χ4n) is 2.12. The number of nitrogens with one attached hydrogen (secondary N) is 1. The molecule has 0 saturated carbocycles. The van der Waals surface area contributed by atoms with E-state index in [0.717, 1.165) is 35.9 Å². The Morgan fingerprint density at radius 2 is 1.90 bits per heavy atom. The molecule has 4 heteroatoms. The van der Waals surface area contributed by atoms with Crippen LogP contribution in [0.3, 0.4) is 0 Å². The van der Waals surface area contributed by atoms with Crippen LogP contribution in [0.2, 0.25) is 5.02 Å². The summed E-state index contributed by atoms with van der Waals surface area (Å²) in [5.41, 5.74) is 1.03. The van der Waals surface area contributed by atoms with Crippen LogP contribution in [0, 0.1) is 0 Å². The van der Waals surface area contributed by atoms with Crippen molar-refractivity contribution in [3.63, 3.8) is 0 Å². The van der Waals surface area contributed by atoms with E-state index in [-0.39, 0.29) is 0 Å². The normalized spacial score (nSPS) is 10.8. The van der Waals surface area contributed by atoms with E-state index >= 15 is 0 Å². The van der Waals surface area contributed by atoms with E-state index in [9.17, 15) is 0 Å². The molecule has 21 heavy (non-hydrogen) atoms. The summed E-state index contributed by atoms with van der Waals surface area (Å²) in [7, 11) is 1.70. The molecule has 0 aromatic heterocycles. The third kappa shape index (κ3) is 7.70. The van der Waals surface area contributed by atoms with Gasteiger partial charge in [-0.3, -0.25) is 0 Å². The molecule has 1 rings (SSSR count). The molecule has 0 aliphatic carbocycles. The first-order valence-electron chi connectivity index (χ1n) is 7.89. The first-order valence-corrected chi connectivity index (χ1v) is 8.27. The van der Waals surface area contributed by atoms with Crippen LogP contribution in [-0.2, 0) is 11.3 Å². The highest BCUT2D eigenvalue weighted by Crippen LogP contribution is 2.26. The number of hydrogen-bond acceptors (Lipinski definition) is 3. The summed E-state index contributed by atoms with van der Waals surface area (Å²) in [4.78, 5) is 0. The maximum atomic E-state index is 6.27. The summed E-state index contributed by atoms with van der Waals surface area (Å²) < 4.78 is 10.9. The molecule has 0 fully saturated rings. The standard InChI is InChI=1S/C17H28ClNO2/c1-3-4-5-6-7-12-21-17-10-8-9-16(18)15(17)14-19-11-13-20-2/h8-10,19H,3-7,11-14H2,1-2H3. The first kappa shape index (κ1) is 18.3. The van der Waals surface area contributed by atoms with Crippen LogP contribution >= 0.6 is 11.6 Å². The lowest BCUT2D eigenvalue weighted by Gasteiger charge is -2.13. The molecular formula is C17H28ClNO2. The van der Waals surface area contributed by atoms with Gasteiger partial charge >= 0.3 is 0 Å². The van der Waals surface area contributed by atoms with Crippen LogP contribution in [0.1, 0.15) is 44.6 Å². The quantitative estimate of drug-likeness (QED) is 0.579. The molecule has 0 amide bonds. The minimum Gasteiger partial charge on any atom is -0.493 e. The van der Waals surface area contributed by atoms with E-state index in [1.54, 1.807) is 7.11 Å². The van der Waals surface area contributed by atoms with Gasteiger partial charge in [-0.1, -0.05) is 50.3 Å². The van der Waals surface area contributed by atoms with Crippen molar-refractivity contribution in [2.45, 2.75) is 45.6 Å². The molecule has 0 heterocycles. The zero-order valence-corrected chi connectivity index (χ0v) is 14.0. The lowest BCUT2D eigenvalue weighted by Crippen LogP contribution is -2.19. The Hall–Kier alpha value is -0.770. The van der Waals surface area contributed by atoms with Crippen molar-refractivity contribution >= 4 is 11.6 Å². The molecule has 1 aromatic carbocycles. The second-order valence-corrected chi connectivity index (χ2v) is 5.56. The molecule has 0 unspecified atom stereocenters. The van der Waals surface area contributed by atoms with Crippen molar-refractivity contribution in [2.75, 3.05) is 26.9 Å². The number of methoxy groups -OCH3 is 1. The van der Waals surface area contributed by atoms with Crippen molar-refractivity contribution in [1.82, 2.24) is 5.32 Å². The largest absolute Gasteiger partial charge is 0.493 e. The van der Waals surface area contributed by atoms with Crippen LogP contribution in [0.5, 0.6) is 5.75 Å². The molecule has 0 bridgehead atoms. The molecule has 1 N–H and O–H groups in total. The van der Waals surface area contributed by atoms with Gasteiger partial charge in [0.1, 0.15) is 5.75 Å². The average molecular weight is 314 g/mol. The monoisotopic (exact) mass is 313 g/mol. The molecular weight excluding hydrogens is 286 g/mol. The smallest absolute Gasteiger partial charge is 0.125 e. The van der Waals surface area contributed by atoms with Gasteiger partial charge in [0.2, 0.25) is 0 Å². The molecule has 0 radical (unpaired) electrons. The molecule has 0 saturated heterocycles. The first-order chi connectivity index (χ1) is 10.3. The zero-order chi connectivity index (χ0) is 15.3. The summed E-state index contributed by atoms with van der Waals surface area (Å²) in [6.07, 6.45) is 6.21. The maximum Gasteiger partial charge on any atom is 0.125 e. The van der Waals surface area contributed by atoms with Crippen molar-refractivity contribution in [2.24, 2.45) is 0 Å². The Morgan fingerprint density at radius 3 is 2.67 bits per heavy atom. The zero-order valence-electron chi connectivity index (χ0n) is 13.3. The number of unbranched alkanes of at least 4 members (excludes halogenated alkanes) is 4. The summed E-state index contributed by atoms with van der Waals surface area (Å²) in [6.45, 7) is 5.19. The topological polar surface area (TPSA) is 30.5 Å². The average Bonchev–Trinajstić information content (AvgIpc) is 2.49. The van der Waals surface area contributed by atoms with Crippen LogP contribution in [0.4, 0.5) is 0 Å². The van der Waals surface area contributed by atoms with E-state index in [1.807, 2.05) is 18.2 Å². The molecule has 0 atom stereocenters. The number of halogens is 1. The van der Waals surface area contributed by atoms with Crippen molar-refractivity contribution in [3.8, 4) is 5.75 Å². The van der Waals surface area contributed by atoms with Crippen LogP contribution in [0.25, 0.3) is 0 Å². The highest BCUT2D eigenvalue weighted by atomic mass is 35.5. The SMILES string of the molecule is CCCCCCCOc1cccc(Cl)c1CNCCOC. The molecule has 0 aliphatic rings. The van der Waals surface area contributed by atoms with E-state index in [1.165, 1.54) is 25.7 Å². The highest BCUT2D eigenvalue weighted by Gasteiger charge is 2.07. The summed E-state index contributed by atoms with van der Waals surface area (Å²) >= 11 is 6.27. The van der Waals surface area contributed by atoms with Crippen molar-refractivity contribution < 1.29 is 9.47 Å². The molecule has 1 aromatic rings. The van der Waals surface area contributed by atoms with E-state index in [4.69, 9.17) is 21.1 Å². The molecule has 3 nitrogen and oxygen atoms in total. The third-order valence-electron chi connectivity index (χ3n) is 3.37. The van der Waals surface area contributed by atoms with E-state index in [2.05, 4.69) is 12.2 Å². The van der Waals surface area contributed by atoms with Gasteiger partial charge in [-0.15, -0.1) is 0 Å². The number of rotatable bonds is 12. The van der Waals surface area contributed by atoms with Crippen molar-refractivity contribution in [3.05, 3.63) is 28.8 Å². The fourth-order valence-corrected chi connectivity index (χ4v) is 2.35. The second-order valence-electron chi connectivity index (χ2n) is 5.15. The highest BCUT2D eigenvalue weighted by molar-refractivity contribution is 6.31. The fraction of sp³-hybridized carbons (Fsp3) is 0.647. The Bertz CT molecular complexity index is 385. The number of benzene rings is 1. The third-order valence-corrected chi connectivity index (χ3v) is 3.72. The maximum absolute atomic E-state index is 6.27. The van der Waals surface area contributed by atoms with E-state index in [0.29, 0.717) is 13.2 Å². The Labute approximate surface area is 134 Å². The van der Waals surface area contributed by atoms with Gasteiger partial charge < -0.3 is 14.8 Å². The summed E-state index contributed by atoms with van der Waals surface area (Å²) in [5.74, 6) is 0.892. The lowest BCUT2D eigenvalue weighted by atomic mass is 10.1.